The minimum Gasteiger partial charge on any atom is -0.324 e. The van der Waals surface area contributed by atoms with Crippen LogP contribution in [0.3, 0.4) is 0 Å². The molecule has 0 bridgehead atoms. The third kappa shape index (κ3) is 3.94. The minimum atomic E-state index is -0.244. The number of fused-ring (bicyclic) bond motifs is 1. The molecule has 4 rings (SSSR count). The number of pyridine rings is 1. The van der Waals surface area contributed by atoms with Gasteiger partial charge in [-0.25, -0.2) is 0 Å². The highest BCUT2D eigenvalue weighted by Gasteiger charge is 2.13. The molecular formula is C18H12Cl2N6OS. The van der Waals surface area contributed by atoms with Crippen molar-refractivity contribution in [2.45, 2.75) is 5.16 Å². The van der Waals surface area contributed by atoms with Crippen LogP contribution in [0.4, 0.5) is 5.69 Å². The van der Waals surface area contributed by atoms with Crippen LogP contribution in [0.5, 0.6) is 0 Å². The van der Waals surface area contributed by atoms with Crippen LogP contribution in [-0.4, -0.2) is 36.5 Å². The van der Waals surface area contributed by atoms with Gasteiger partial charge in [0.25, 0.3) is 0 Å². The zero-order chi connectivity index (χ0) is 19.5. The van der Waals surface area contributed by atoms with Crippen molar-refractivity contribution in [3.05, 3.63) is 64.8 Å². The molecule has 0 unspecified atom stereocenters. The van der Waals surface area contributed by atoms with Gasteiger partial charge >= 0.3 is 0 Å². The molecule has 3 heterocycles. The number of halogens is 2. The van der Waals surface area contributed by atoms with E-state index in [4.69, 9.17) is 23.2 Å². The Morgan fingerprint density at radius 3 is 2.75 bits per heavy atom. The largest absolute Gasteiger partial charge is 0.324 e. The molecule has 0 spiro atoms. The van der Waals surface area contributed by atoms with E-state index in [2.05, 4.69) is 25.6 Å². The molecule has 0 aliphatic heterocycles. The number of anilines is 1. The van der Waals surface area contributed by atoms with E-state index in [-0.39, 0.29) is 11.7 Å². The van der Waals surface area contributed by atoms with Gasteiger partial charge in [0.15, 0.2) is 5.65 Å². The molecule has 7 nitrogen and oxygen atoms in total. The SMILES string of the molecule is O=C(CSc1nnc2ccc(-c3ccccn3)nn12)Nc1cccc(Cl)c1Cl. The lowest BCUT2D eigenvalue weighted by molar-refractivity contribution is -0.113. The Hall–Kier alpha value is -2.68. The van der Waals surface area contributed by atoms with Crippen molar-refractivity contribution in [2.75, 3.05) is 11.1 Å². The van der Waals surface area contributed by atoms with Crippen LogP contribution in [0, 0.1) is 0 Å². The number of carbonyl (C=O) groups is 1. The first-order valence-electron chi connectivity index (χ1n) is 8.12. The number of hydrogen-bond acceptors (Lipinski definition) is 6. The van der Waals surface area contributed by atoms with Crippen LogP contribution in [-0.2, 0) is 4.79 Å². The van der Waals surface area contributed by atoms with Crippen LogP contribution in [0.1, 0.15) is 0 Å². The van der Waals surface area contributed by atoms with Crippen LogP contribution >= 0.6 is 35.0 Å². The molecule has 1 amide bonds. The van der Waals surface area contributed by atoms with Crippen LogP contribution in [0.2, 0.25) is 10.0 Å². The molecule has 0 saturated carbocycles. The predicted molar refractivity (Wildman–Crippen MR) is 110 cm³/mol. The van der Waals surface area contributed by atoms with Crippen molar-refractivity contribution < 1.29 is 4.79 Å². The zero-order valence-electron chi connectivity index (χ0n) is 14.2. The number of nitrogens with zero attached hydrogens (tertiary/aromatic N) is 5. The van der Waals surface area contributed by atoms with Crippen molar-refractivity contribution >= 4 is 52.2 Å². The van der Waals surface area contributed by atoms with Crippen molar-refractivity contribution in [3.8, 4) is 11.4 Å². The van der Waals surface area contributed by atoms with E-state index in [0.29, 0.717) is 32.2 Å². The summed E-state index contributed by atoms with van der Waals surface area (Å²) in [6.45, 7) is 0. The Labute approximate surface area is 174 Å². The maximum atomic E-state index is 12.3. The number of thioether (sulfide) groups is 1. The van der Waals surface area contributed by atoms with Gasteiger partial charge in [0.2, 0.25) is 11.1 Å². The molecule has 4 aromatic rings. The summed E-state index contributed by atoms with van der Waals surface area (Å²) in [5.41, 5.74) is 2.47. The van der Waals surface area contributed by atoms with Gasteiger partial charge in [-0.3, -0.25) is 9.78 Å². The van der Waals surface area contributed by atoms with Gasteiger partial charge < -0.3 is 5.32 Å². The Morgan fingerprint density at radius 2 is 1.93 bits per heavy atom. The summed E-state index contributed by atoms with van der Waals surface area (Å²) in [7, 11) is 0. The summed E-state index contributed by atoms with van der Waals surface area (Å²) < 4.78 is 1.59. The van der Waals surface area contributed by atoms with Crippen molar-refractivity contribution in [2.24, 2.45) is 0 Å². The quantitative estimate of drug-likeness (QED) is 0.477. The van der Waals surface area contributed by atoms with E-state index in [1.165, 1.54) is 11.8 Å². The molecule has 0 saturated heterocycles. The molecule has 140 valence electrons. The number of hydrogen-bond donors (Lipinski definition) is 1. The molecule has 1 aromatic carbocycles. The molecular weight excluding hydrogens is 419 g/mol. The highest BCUT2D eigenvalue weighted by Crippen LogP contribution is 2.29. The summed E-state index contributed by atoms with van der Waals surface area (Å²) in [5, 5.41) is 16.6. The minimum absolute atomic E-state index is 0.110. The molecule has 0 aliphatic carbocycles. The van der Waals surface area contributed by atoms with E-state index < -0.39 is 0 Å². The molecule has 0 fully saturated rings. The Morgan fingerprint density at radius 1 is 1.04 bits per heavy atom. The average Bonchev–Trinajstić information content (AvgIpc) is 3.13. The zero-order valence-corrected chi connectivity index (χ0v) is 16.5. The summed E-state index contributed by atoms with van der Waals surface area (Å²) in [4.78, 5) is 16.6. The summed E-state index contributed by atoms with van der Waals surface area (Å²) >= 11 is 13.3. The van der Waals surface area contributed by atoms with E-state index in [1.54, 1.807) is 35.0 Å². The van der Waals surface area contributed by atoms with Gasteiger partial charge in [0, 0.05) is 6.20 Å². The van der Waals surface area contributed by atoms with Gasteiger partial charge in [-0.2, -0.15) is 9.61 Å². The van der Waals surface area contributed by atoms with Crippen molar-refractivity contribution in [1.82, 2.24) is 24.8 Å². The predicted octanol–water partition coefficient (Wildman–Crippen LogP) is 4.22. The fraction of sp³-hybridized carbons (Fsp3) is 0.0556. The van der Waals surface area contributed by atoms with Crippen molar-refractivity contribution in [1.29, 1.82) is 0 Å². The Bertz CT molecular complexity index is 1150. The van der Waals surface area contributed by atoms with E-state index in [0.717, 1.165) is 5.69 Å². The monoisotopic (exact) mass is 430 g/mol. The van der Waals surface area contributed by atoms with Crippen molar-refractivity contribution in [3.63, 3.8) is 0 Å². The first-order valence-corrected chi connectivity index (χ1v) is 9.86. The summed E-state index contributed by atoms with van der Waals surface area (Å²) in [6.07, 6.45) is 1.70. The standard InChI is InChI=1S/C18H12Cl2N6OS/c19-11-4-3-6-14(17(11)20)22-16(27)10-28-18-24-23-15-8-7-13(25-26(15)18)12-5-1-2-9-21-12/h1-9H,10H2,(H,22,27). The normalized spacial score (nSPS) is 10.9. The number of amides is 1. The summed E-state index contributed by atoms with van der Waals surface area (Å²) in [6, 6.07) is 14.3. The maximum Gasteiger partial charge on any atom is 0.234 e. The fourth-order valence-corrected chi connectivity index (χ4v) is 3.46. The highest BCUT2D eigenvalue weighted by atomic mass is 35.5. The second kappa shape index (κ2) is 8.14. The highest BCUT2D eigenvalue weighted by molar-refractivity contribution is 7.99. The lowest BCUT2D eigenvalue weighted by atomic mass is 10.2. The lowest BCUT2D eigenvalue weighted by Crippen LogP contribution is -2.14. The molecule has 3 aromatic heterocycles. The van der Waals surface area contributed by atoms with Gasteiger partial charge in [-0.1, -0.05) is 47.1 Å². The smallest absolute Gasteiger partial charge is 0.234 e. The number of aromatic nitrogens is 5. The maximum absolute atomic E-state index is 12.3. The molecule has 28 heavy (non-hydrogen) atoms. The summed E-state index contributed by atoms with van der Waals surface area (Å²) in [5.74, 6) is -0.133. The molecule has 0 radical (unpaired) electrons. The molecule has 1 N–H and O–H groups in total. The first kappa shape index (κ1) is 18.7. The van der Waals surface area contributed by atoms with Crippen LogP contribution < -0.4 is 5.32 Å². The van der Waals surface area contributed by atoms with Gasteiger partial charge in [-0.15, -0.1) is 10.2 Å². The van der Waals surface area contributed by atoms with E-state index in [1.807, 2.05) is 24.3 Å². The number of benzene rings is 1. The second-order valence-electron chi connectivity index (χ2n) is 5.62. The number of rotatable bonds is 5. The molecule has 10 heteroatoms. The Balaban J connectivity index is 1.50. The van der Waals surface area contributed by atoms with Gasteiger partial charge in [0.05, 0.1) is 27.2 Å². The van der Waals surface area contributed by atoms with Gasteiger partial charge in [0.1, 0.15) is 5.69 Å². The third-order valence-electron chi connectivity index (χ3n) is 3.72. The fourth-order valence-electron chi connectivity index (χ4n) is 2.43. The lowest BCUT2D eigenvalue weighted by Gasteiger charge is -2.07. The molecule has 0 aliphatic rings. The third-order valence-corrected chi connectivity index (χ3v) is 5.46. The average molecular weight is 431 g/mol. The Kier molecular flexibility index (Phi) is 5.43. The topological polar surface area (TPSA) is 85.1 Å². The number of carbonyl (C=O) groups excluding carboxylic acids is 1. The van der Waals surface area contributed by atoms with Crippen LogP contribution in [0.25, 0.3) is 17.0 Å². The second-order valence-corrected chi connectivity index (χ2v) is 7.35. The van der Waals surface area contributed by atoms with Crippen LogP contribution in [0.15, 0.2) is 59.9 Å². The van der Waals surface area contributed by atoms with E-state index in [9.17, 15) is 4.79 Å². The molecule has 0 atom stereocenters. The van der Waals surface area contributed by atoms with E-state index >= 15 is 0 Å². The first-order chi connectivity index (χ1) is 13.6. The van der Waals surface area contributed by atoms with Gasteiger partial charge in [-0.05, 0) is 36.4 Å². The number of nitrogens with one attached hydrogen (secondary N) is 1.